The number of thiazole rings is 1. The first-order valence-corrected chi connectivity index (χ1v) is 13.9. The fourth-order valence-corrected chi connectivity index (χ4v) is 6.56. The number of nitrogens with zero attached hydrogens (tertiary/aromatic N) is 7. The number of fused-ring (bicyclic) bond motifs is 1. The Morgan fingerprint density at radius 2 is 2.15 bits per heavy atom. The van der Waals surface area contributed by atoms with Gasteiger partial charge in [-0.05, 0) is 16.0 Å². The van der Waals surface area contributed by atoms with E-state index in [-0.39, 0.29) is 45.5 Å². The normalized spacial score (nSPS) is 18.4. The summed E-state index contributed by atoms with van der Waals surface area (Å²) >= 11 is 3.32. The van der Waals surface area contributed by atoms with Crippen molar-refractivity contribution in [1.29, 1.82) is 0 Å². The molecule has 1 unspecified atom stereocenters. The molecule has 1 saturated heterocycles. The van der Waals surface area contributed by atoms with Gasteiger partial charge < -0.3 is 25.7 Å². The first-order valence-electron chi connectivity index (χ1n) is 11.0. The molecule has 17 nitrogen and oxygen atoms in total. The molecule has 2 aromatic rings. The molecule has 0 radical (unpaired) electrons. The number of β-lactam (4-membered cyclic amide) rings is 1. The highest BCUT2D eigenvalue weighted by atomic mass is 32.2. The van der Waals surface area contributed by atoms with Gasteiger partial charge in [-0.15, -0.1) is 28.2 Å². The van der Waals surface area contributed by atoms with E-state index in [0.29, 0.717) is 12.0 Å². The fraction of sp³-hybridized carbons (Fsp3) is 0.300. The van der Waals surface area contributed by atoms with E-state index in [0.717, 1.165) is 32.7 Å². The van der Waals surface area contributed by atoms with Crippen LogP contribution in [0.3, 0.4) is 0 Å². The highest BCUT2D eigenvalue weighted by Gasteiger charge is 2.54. The number of carbonyl (C=O) groups is 5. The van der Waals surface area contributed by atoms with E-state index >= 15 is 0 Å². The molecule has 1 fully saturated rings. The van der Waals surface area contributed by atoms with Crippen LogP contribution in [0.4, 0.5) is 5.13 Å². The molecule has 4 heterocycles. The minimum Gasteiger partial charge on any atom is -0.480 e. The van der Waals surface area contributed by atoms with Crippen molar-refractivity contribution in [3.05, 3.63) is 35.0 Å². The Morgan fingerprint density at radius 1 is 1.35 bits per heavy atom. The lowest BCUT2D eigenvalue weighted by molar-refractivity contribution is -0.150. The van der Waals surface area contributed by atoms with Gasteiger partial charge in [0.25, 0.3) is 11.8 Å². The first-order chi connectivity index (χ1) is 19.2. The van der Waals surface area contributed by atoms with Gasteiger partial charge >= 0.3 is 11.9 Å². The van der Waals surface area contributed by atoms with Crippen molar-refractivity contribution in [2.75, 3.05) is 23.4 Å². The first kappa shape index (κ1) is 28.7. The van der Waals surface area contributed by atoms with Crippen LogP contribution < -0.4 is 10.6 Å². The maximum atomic E-state index is 13.1. The molecule has 0 aromatic carbocycles. The van der Waals surface area contributed by atoms with Gasteiger partial charge in [0.05, 0.1) is 0 Å². The van der Waals surface area contributed by atoms with Gasteiger partial charge in [0.1, 0.15) is 36.0 Å². The van der Waals surface area contributed by atoms with Gasteiger partial charge in [-0.1, -0.05) is 29.6 Å². The number of hydrogen-bond acceptors (Lipinski definition) is 14. The number of carbonyl (C=O) groups excluding carboxylic acids is 3. The van der Waals surface area contributed by atoms with Gasteiger partial charge in [-0.25, -0.2) is 14.5 Å². The third-order valence-electron chi connectivity index (χ3n) is 5.19. The molecule has 3 amide bonds. The van der Waals surface area contributed by atoms with Crippen molar-refractivity contribution >= 4 is 75.9 Å². The number of oxime groups is 1. The number of nitrogens with one attached hydrogen (secondary N) is 2. The van der Waals surface area contributed by atoms with E-state index in [1.807, 2.05) is 0 Å². The van der Waals surface area contributed by atoms with E-state index in [1.54, 1.807) is 0 Å². The number of amides is 3. The summed E-state index contributed by atoms with van der Waals surface area (Å²) in [5, 5.41) is 39.5. The van der Waals surface area contributed by atoms with Gasteiger partial charge in [0, 0.05) is 16.9 Å². The van der Waals surface area contributed by atoms with Gasteiger partial charge in [0.15, 0.2) is 10.8 Å². The van der Waals surface area contributed by atoms with E-state index < -0.39 is 41.7 Å². The third kappa shape index (κ3) is 6.13. The lowest BCUT2D eigenvalue weighted by atomic mass is 10.0. The molecule has 0 bridgehead atoms. The van der Waals surface area contributed by atoms with Crippen molar-refractivity contribution in [2.45, 2.75) is 23.1 Å². The molecule has 0 aliphatic carbocycles. The Labute approximate surface area is 236 Å². The zero-order valence-electron chi connectivity index (χ0n) is 20.1. The Hall–Kier alpha value is -4.30. The van der Waals surface area contributed by atoms with Gasteiger partial charge in [-0.3, -0.25) is 24.1 Å². The monoisotopic (exact) mass is 609 g/mol. The molecule has 20 heteroatoms. The molecule has 2 aliphatic heterocycles. The fourth-order valence-electron chi connectivity index (χ4n) is 3.54. The minimum absolute atomic E-state index is 0.00872. The van der Waals surface area contributed by atoms with Crippen molar-refractivity contribution in [3.8, 4) is 0 Å². The number of carboxylic acids is 2. The number of thioether (sulfide) groups is 2. The summed E-state index contributed by atoms with van der Waals surface area (Å²) in [6, 6.07) is -1.06. The number of tetrazole rings is 1. The molecule has 0 saturated carbocycles. The molecule has 210 valence electrons. The van der Waals surface area contributed by atoms with Crippen LogP contribution >= 0.6 is 34.9 Å². The quantitative estimate of drug-likeness (QED) is 0.0392. The Morgan fingerprint density at radius 3 is 2.85 bits per heavy atom. The summed E-state index contributed by atoms with van der Waals surface area (Å²) in [6.07, 6.45) is 1.83. The third-order valence-corrected chi connectivity index (χ3v) is 8.35. The van der Waals surface area contributed by atoms with Crippen LogP contribution in [0, 0.1) is 0 Å². The topological polar surface area (TPSA) is 231 Å². The van der Waals surface area contributed by atoms with Crippen molar-refractivity contribution in [1.82, 2.24) is 35.4 Å². The number of aromatic nitrogens is 5. The van der Waals surface area contributed by atoms with Crippen LogP contribution in [0.2, 0.25) is 0 Å². The van der Waals surface area contributed by atoms with E-state index in [4.69, 9.17) is 9.94 Å². The highest BCUT2D eigenvalue weighted by Crippen LogP contribution is 2.41. The SMILES string of the molecule is C=CCO/N=C(\C(=O)NC1C(=O)N2C(C(=O)O)=C(CSc3nnnn3CC(=O)O)CS[C@H]12)c1csc(NC=O)n1. The van der Waals surface area contributed by atoms with Crippen LogP contribution in [0.15, 0.2) is 39.6 Å². The lowest BCUT2D eigenvalue weighted by Gasteiger charge is -2.49. The summed E-state index contributed by atoms with van der Waals surface area (Å²) in [4.78, 5) is 70.2. The minimum atomic E-state index is -1.33. The number of hydrogen-bond donors (Lipinski definition) is 4. The average molecular weight is 610 g/mol. The predicted octanol–water partition coefficient (Wildman–Crippen LogP) is -0.780. The number of carboxylic acid groups (broad SMARTS) is 2. The second-order valence-corrected chi connectivity index (χ2v) is 10.6. The molecule has 2 atom stereocenters. The zero-order valence-corrected chi connectivity index (χ0v) is 22.6. The predicted molar refractivity (Wildman–Crippen MR) is 140 cm³/mol. The standard InChI is InChI=1S/C20H19N9O8S3/c1-2-3-37-25-12(10-7-39-19(22-10)21-8-30)15(33)23-13-16(34)29-14(18(35)36)9(5-38-17(13)29)6-40-20-24-26-27-28(20)4-11(31)32/h2,7-8,13,17H,1,3-6H2,(H,23,33)(H,31,32)(H,35,36)(H,21,22,30)/b25-12-/t13?,17-/m1/s1. The highest BCUT2D eigenvalue weighted by molar-refractivity contribution is 8.01. The number of rotatable bonds is 14. The summed E-state index contributed by atoms with van der Waals surface area (Å²) in [5.74, 6) is -3.62. The van der Waals surface area contributed by atoms with Crippen molar-refractivity contribution < 1.29 is 39.0 Å². The summed E-state index contributed by atoms with van der Waals surface area (Å²) in [7, 11) is 0. The molecule has 4 rings (SSSR count). The van der Waals surface area contributed by atoms with Crippen molar-refractivity contribution in [2.24, 2.45) is 5.16 Å². The van der Waals surface area contributed by atoms with E-state index in [2.05, 4.69) is 42.9 Å². The van der Waals surface area contributed by atoms with Crippen LogP contribution in [-0.2, 0) is 35.4 Å². The van der Waals surface area contributed by atoms with E-state index in [1.165, 1.54) is 23.2 Å². The molecular weight excluding hydrogens is 590 g/mol. The van der Waals surface area contributed by atoms with Gasteiger partial charge in [-0.2, -0.15) is 0 Å². The van der Waals surface area contributed by atoms with E-state index in [9.17, 15) is 29.1 Å². The average Bonchev–Trinajstić information content (AvgIpc) is 3.56. The van der Waals surface area contributed by atoms with Gasteiger partial charge in [0.2, 0.25) is 11.6 Å². The largest absolute Gasteiger partial charge is 0.480 e. The zero-order chi connectivity index (χ0) is 28.8. The smallest absolute Gasteiger partial charge is 0.352 e. The summed E-state index contributed by atoms with van der Waals surface area (Å²) in [5.41, 5.74) is 0.0107. The molecular formula is C20H19N9O8S3. The molecule has 2 aromatic heterocycles. The Bertz CT molecular complexity index is 1420. The van der Waals surface area contributed by atoms with Crippen LogP contribution in [0.1, 0.15) is 5.69 Å². The molecule has 40 heavy (non-hydrogen) atoms. The van der Waals surface area contributed by atoms with Crippen LogP contribution in [0.5, 0.6) is 0 Å². The molecule has 2 aliphatic rings. The maximum absolute atomic E-state index is 13.1. The Balaban J connectivity index is 1.48. The van der Waals surface area contributed by atoms with Crippen molar-refractivity contribution in [3.63, 3.8) is 0 Å². The second kappa shape index (κ2) is 12.7. The maximum Gasteiger partial charge on any atom is 0.352 e. The molecule has 4 N–H and O–H groups in total. The summed E-state index contributed by atoms with van der Waals surface area (Å²) in [6.45, 7) is 3.02. The second-order valence-electron chi connectivity index (χ2n) is 7.74. The lowest BCUT2D eigenvalue weighted by Crippen LogP contribution is -2.71. The number of aliphatic carboxylic acids is 2. The van der Waals surface area contributed by atoms with Crippen LogP contribution in [0.25, 0.3) is 0 Å². The molecule has 0 spiro atoms. The Kier molecular flexibility index (Phi) is 9.11. The number of anilines is 1. The van der Waals surface area contributed by atoms with Crippen LogP contribution in [-0.4, -0.2) is 106 Å². The summed E-state index contributed by atoms with van der Waals surface area (Å²) < 4.78 is 1.06.